The summed E-state index contributed by atoms with van der Waals surface area (Å²) in [5.41, 5.74) is 1.14. The van der Waals surface area contributed by atoms with Gasteiger partial charge in [-0.2, -0.15) is 5.10 Å². The van der Waals surface area contributed by atoms with E-state index < -0.39 is 6.04 Å². The van der Waals surface area contributed by atoms with Gasteiger partial charge in [0.25, 0.3) is 0 Å². The standard InChI is InChI=1S/C19H17Br2N3O5/c1-29-19-11(21)4-13(27)17-15(19)18(28)14-10(20)3-2-9-12(23-24(17)16(9)14)5-22-8(6-25)7-26/h2-4,8,22,25-27H,5-7H2,1H3. The summed E-state index contributed by atoms with van der Waals surface area (Å²) >= 11 is 6.79. The highest BCUT2D eigenvalue weighted by molar-refractivity contribution is 9.11. The lowest BCUT2D eigenvalue weighted by atomic mass is 10.1. The van der Waals surface area contributed by atoms with Gasteiger partial charge in [-0.05, 0) is 44.0 Å². The van der Waals surface area contributed by atoms with Crippen LogP contribution in [0.1, 0.15) is 5.69 Å². The third kappa shape index (κ3) is 3.06. The molecule has 152 valence electrons. The Kier molecular flexibility index (Phi) is 5.38. The Hall–Kier alpha value is -1.98. The summed E-state index contributed by atoms with van der Waals surface area (Å²) in [4.78, 5) is 13.4. The van der Waals surface area contributed by atoms with E-state index in [0.29, 0.717) is 31.3 Å². The Morgan fingerprint density at radius 3 is 2.55 bits per heavy atom. The predicted octanol–water partition coefficient (Wildman–Crippen LogP) is 2.12. The summed E-state index contributed by atoms with van der Waals surface area (Å²) in [5, 5.41) is 38.2. The molecule has 0 aliphatic carbocycles. The molecule has 10 heteroatoms. The van der Waals surface area contributed by atoms with E-state index in [-0.39, 0.29) is 41.8 Å². The van der Waals surface area contributed by atoms with Crippen molar-refractivity contribution in [2.45, 2.75) is 12.6 Å². The second kappa shape index (κ2) is 7.69. The summed E-state index contributed by atoms with van der Waals surface area (Å²) < 4.78 is 8.03. The molecule has 0 saturated carbocycles. The van der Waals surface area contributed by atoms with E-state index in [1.807, 2.05) is 6.07 Å². The van der Waals surface area contributed by atoms with Crippen molar-refractivity contribution in [3.8, 4) is 11.5 Å². The van der Waals surface area contributed by atoms with Crippen LogP contribution in [0.2, 0.25) is 0 Å². The van der Waals surface area contributed by atoms with Gasteiger partial charge in [-0.3, -0.25) is 4.79 Å². The Labute approximate surface area is 181 Å². The van der Waals surface area contributed by atoms with Crippen LogP contribution in [-0.2, 0) is 6.54 Å². The highest BCUT2D eigenvalue weighted by Crippen LogP contribution is 2.40. The van der Waals surface area contributed by atoms with Crippen molar-refractivity contribution < 1.29 is 20.1 Å². The van der Waals surface area contributed by atoms with Gasteiger partial charge < -0.3 is 25.4 Å². The molecule has 0 atom stereocenters. The third-order valence-corrected chi connectivity index (χ3v) is 6.18. The Morgan fingerprint density at radius 2 is 1.90 bits per heavy atom. The van der Waals surface area contributed by atoms with Gasteiger partial charge in [0.2, 0.25) is 5.43 Å². The predicted molar refractivity (Wildman–Crippen MR) is 116 cm³/mol. The van der Waals surface area contributed by atoms with Gasteiger partial charge in [0, 0.05) is 22.5 Å². The molecule has 0 radical (unpaired) electrons. The van der Waals surface area contributed by atoms with Crippen LogP contribution in [-0.4, -0.2) is 51.3 Å². The highest BCUT2D eigenvalue weighted by Gasteiger charge is 2.24. The zero-order chi connectivity index (χ0) is 20.9. The molecule has 4 N–H and O–H groups in total. The number of nitrogens with one attached hydrogen (secondary N) is 1. The number of aliphatic hydroxyl groups excluding tert-OH is 2. The number of hydrogen-bond donors (Lipinski definition) is 4. The number of fused-ring (bicyclic) bond motifs is 2. The van der Waals surface area contributed by atoms with E-state index in [4.69, 9.17) is 4.74 Å². The molecular formula is C19H17Br2N3O5. The first kappa shape index (κ1) is 20.3. The smallest absolute Gasteiger partial charge is 0.202 e. The number of aromatic nitrogens is 2. The fraction of sp³-hybridized carbons (Fsp3) is 0.263. The molecule has 4 rings (SSSR count). The van der Waals surface area contributed by atoms with Crippen LogP contribution in [0.5, 0.6) is 11.5 Å². The van der Waals surface area contributed by atoms with Crippen molar-refractivity contribution in [2.75, 3.05) is 20.3 Å². The molecule has 8 nitrogen and oxygen atoms in total. The minimum Gasteiger partial charge on any atom is -0.506 e. The molecule has 0 amide bonds. The molecule has 0 unspecified atom stereocenters. The maximum absolute atomic E-state index is 13.4. The number of nitrogens with zero attached hydrogens (tertiary/aromatic N) is 2. The number of phenolic OH excluding ortho intramolecular Hbond substituents is 1. The fourth-order valence-corrected chi connectivity index (χ4v) is 4.62. The molecule has 2 heterocycles. The molecule has 29 heavy (non-hydrogen) atoms. The van der Waals surface area contributed by atoms with E-state index in [0.717, 1.165) is 5.39 Å². The average molecular weight is 527 g/mol. The number of methoxy groups -OCH3 is 1. The van der Waals surface area contributed by atoms with Gasteiger partial charge in [0.1, 0.15) is 17.0 Å². The van der Waals surface area contributed by atoms with Gasteiger partial charge in [0.15, 0.2) is 0 Å². The van der Waals surface area contributed by atoms with Crippen LogP contribution in [0.15, 0.2) is 31.9 Å². The van der Waals surface area contributed by atoms with Crippen molar-refractivity contribution in [2.24, 2.45) is 0 Å². The first-order valence-corrected chi connectivity index (χ1v) is 10.3. The number of aliphatic hydroxyl groups is 2. The summed E-state index contributed by atoms with van der Waals surface area (Å²) in [6.45, 7) is -0.188. The Morgan fingerprint density at radius 1 is 1.17 bits per heavy atom. The lowest BCUT2D eigenvalue weighted by Crippen LogP contribution is -2.35. The average Bonchev–Trinajstić information content (AvgIpc) is 3.06. The van der Waals surface area contributed by atoms with E-state index >= 15 is 0 Å². The monoisotopic (exact) mass is 525 g/mol. The quantitative estimate of drug-likeness (QED) is 0.284. The summed E-state index contributed by atoms with van der Waals surface area (Å²) in [7, 11) is 1.46. The van der Waals surface area contributed by atoms with Gasteiger partial charge in [-0.1, -0.05) is 0 Å². The van der Waals surface area contributed by atoms with Crippen molar-refractivity contribution in [3.63, 3.8) is 0 Å². The maximum Gasteiger partial charge on any atom is 0.202 e. The Bertz CT molecular complexity index is 1290. The summed E-state index contributed by atoms with van der Waals surface area (Å²) in [5.74, 6) is 0.201. The van der Waals surface area contributed by atoms with Gasteiger partial charge in [-0.15, -0.1) is 0 Å². The molecule has 0 aliphatic heterocycles. The van der Waals surface area contributed by atoms with Crippen LogP contribution in [0.4, 0.5) is 0 Å². The molecule has 0 saturated heterocycles. The highest BCUT2D eigenvalue weighted by atomic mass is 79.9. The van der Waals surface area contributed by atoms with E-state index in [1.54, 1.807) is 10.6 Å². The molecule has 0 aliphatic rings. The number of aromatic hydroxyl groups is 1. The van der Waals surface area contributed by atoms with Crippen molar-refractivity contribution in [1.29, 1.82) is 0 Å². The number of halogens is 2. The number of pyridine rings is 1. The first-order chi connectivity index (χ1) is 13.9. The summed E-state index contributed by atoms with van der Waals surface area (Å²) in [6, 6.07) is 4.58. The van der Waals surface area contributed by atoms with Gasteiger partial charge >= 0.3 is 0 Å². The minimum atomic E-state index is -0.492. The van der Waals surface area contributed by atoms with Crippen LogP contribution >= 0.6 is 31.9 Å². The van der Waals surface area contributed by atoms with Crippen molar-refractivity contribution in [1.82, 2.24) is 14.9 Å². The molecule has 2 aromatic heterocycles. The number of hydrogen-bond acceptors (Lipinski definition) is 7. The largest absolute Gasteiger partial charge is 0.506 e. The zero-order valence-corrected chi connectivity index (χ0v) is 18.4. The molecule has 0 bridgehead atoms. The lowest BCUT2D eigenvalue weighted by molar-refractivity contribution is 0.170. The maximum atomic E-state index is 13.4. The van der Waals surface area contributed by atoms with Crippen LogP contribution < -0.4 is 15.5 Å². The topological polar surface area (TPSA) is 116 Å². The third-order valence-electron chi connectivity index (χ3n) is 4.93. The minimum absolute atomic E-state index is 0.112. The normalized spacial score (nSPS) is 12.1. The second-order valence-corrected chi connectivity index (χ2v) is 8.29. The van der Waals surface area contributed by atoms with E-state index in [1.165, 1.54) is 13.2 Å². The first-order valence-electron chi connectivity index (χ1n) is 8.72. The lowest BCUT2D eigenvalue weighted by Gasteiger charge is -2.12. The molecule has 0 fully saturated rings. The van der Waals surface area contributed by atoms with Gasteiger partial charge in [-0.25, -0.2) is 4.52 Å². The molecule has 0 spiro atoms. The van der Waals surface area contributed by atoms with Crippen molar-refractivity contribution in [3.05, 3.63) is 43.1 Å². The number of benzene rings is 2. The van der Waals surface area contributed by atoms with Gasteiger partial charge in [0.05, 0.1) is 52.8 Å². The fourth-order valence-electron chi connectivity index (χ4n) is 3.54. The van der Waals surface area contributed by atoms with Crippen molar-refractivity contribution >= 4 is 59.1 Å². The van der Waals surface area contributed by atoms with E-state index in [2.05, 4.69) is 42.3 Å². The number of ether oxygens (including phenoxy) is 1. The number of rotatable bonds is 6. The van der Waals surface area contributed by atoms with Crippen LogP contribution in [0.3, 0.4) is 0 Å². The SMILES string of the molecule is COc1c(Br)cc(O)c2c1c(=O)c1c(Br)ccc3c(CNC(CO)CO)nn2c31. The molecule has 2 aromatic carbocycles. The molecular weight excluding hydrogens is 510 g/mol. The summed E-state index contributed by atoms with van der Waals surface area (Å²) in [6.07, 6.45) is 0. The molecule has 4 aromatic rings. The number of phenols is 1. The Balaban J connectivity index is 2.12. The second-order valence-electron chi connectivity index (χ2n) is 6.58. The van der Waals surface area contributed by atoms with E-state index in [9.17, 15) is 20.1 Å². The van der Waals surface area contributed by atoms with Crippen LogP contribution in [0, 0.1) is 0 Å². The zero-order valence-electron chi connectivity index (χ0n) is 15.2. The van der Waals surface area contributed by atoms with Crippen LogP contribution in [0.25, 0.3) is 27.2 Å².